The molecule has 1 aromatic heterocycles. The Morgan fingerprint density at radius 1 is 1.42 bits per heavy atom. The van der Waals surface area contributed by atoms with Gasteiger partial charge in [0.1, 0.15) is 9.50 Å². The van der Waals surface area contributed by atoms with Crippen LogP contribution in [0.15, 0.2) is 26.2 Å². The molecule has 1 aromatic rings. The molecule has 0 aromatic carbocycles. The molecule has 0 saturated carbocycles. The highest BCUT2D eigenvalue weighted by Gasteiger charge is 2.11. The van der Waals surface area contributed by atoms with E-state index < -0.39 is 9.05 Å². The Hall–Kier alpha value is 0.350. The number of hydrogen-bond donors (Lipinski definition) is 0. The molecule has 1 rings (SSSR count). The molecule has 0 unspecified atom stereocenters. The molecule has 0 radical (unpaired) electrons. The Balaban J connectivity index is 3.33. The van der Waals surface area contributed by atoms with E-state index in [2.05, 4.69) is 36.8 Å². The largest absolute Gasteiger partial charge is 0.262 e. The summed E-state index contributed by atoms with van der Waals surface area (Å²) >= 11 is 6.21. The van der Waals surface area contributed by atoms with Gasteiger partial charge in [-0.2, -0.15) is 0 Å². The molecule has 0 aliphatic heterocycles. The van der Waals surface area contributed by atoms with Gasteiger partial charge in [-0.05, 0) is 37.9 Å². The first-order chi connectivity index (χ1) is 5.41. The lowest BCUT2D eigenvalue weighted by Gasteiger charge is -1.97. The van der Waals surface area contributed by atoms with Crippen molar-refractivity contribution in [1.82, 2.24) is 4.98 Å². The van der Waals surface area contributed by atoms with Gasteiger partial charge >= 0.3 is 0 Å². The van der Waals surface area contributed by atoms with Crippen LogP contribution in [0.4, 0.5) is 0 Å². The first kappa shape index (κ1) is 10.4. The van der Waals surface area contributed by atoms with Crippen LogP contribution in [0.2, 0.25) is 0 Å². The zero-order valence-electron chi connectivity index (χ0n) is 5.46. The van der Waals surface area contributed by atoms with E-state index in [1.807, 2.05) is 0 Å². The van der Waals surface area contributed by atoms with Crippen molar-refractivity contribution in [3.05, 3.63) is 21.3 Å². The van der Waals surface area contributed by atoms with E-state index in [1.54, 1.807) is 0 Å². The lowest BCUT2D eigenvalue weighted by molar-refractivity contribution is 0.609. The summed E-state index contributed by atoms with van der Waals surface area (Å²) < 4.78 is 22.7. The summed E-state index contributed by atoms with van der Waals surface area (Å²) in [6.07, 6.45) is 1.18. The number of pyridine rings is 1. The van der Waals surface area contributed by atoms with E-state index in [0.29, 0.717) is 9.08 Å². The number of aromatic nitrogens is 1. The zero-order valence-corrected chi connectivity index (χ0v) is 10.2. The van der Waals surface area contributed by atoms with Gasteiger partial charge in [0.2, 0.25) is 0 Å². The number of hydrogen-bond acceptors (Lipinski definition) is 3. The maximum Gasteiger partial charge on any atom is 0.262 e. The topological polar surface area (TPSA) is 47.0 Å². The minimum atomic E-state index is -3.68. The standard InChI is InChI=1S/C5H2Br2ClNO2S/c6-4-1-3(12(8,10)11)2-9-5(4)7/h1-2H. The van der Waals surface area contributed by atoms with Crippen molar-refractivity contribution in [1.29, 1.82) is 0 Å². The van der Waals surface area contributed by atoms with Crippen molar-refractivity contribution in [2.24, 2.45) is 0 Å². The Bertz CT molecular complexity index is 406. The molecule has 1 heterocycles. The van der Waals surface area contributed by atoms with Gasteiger partial charge in [-0.3, -0.25) is 0 Å². The first-order valence-electron chi connectivity index (χ1n) is 2.67. The average molecular weight is 335 g/mol. The molecule has 0 aliphatic carbocycles. The lowest BCUT2D eigenvalue weighted by Crippen LogP contribution is -1.92. The fraction of sp³-hybridized carbons (Fsp3) is 0. The maximum absolute atomic E-state index is 10.8. The third kappa shape index (κ3) is 2.42. The summed E-state index contributed by atoms with van der Waals surface area (Å²) in [6, 6.07) is 1.37. The molecule has 0 bridgehead atoms. The highest BCUT2D eigenvalue weighted by molar-refractivity contribution is 9.13. The van der Waals surface area contributed by atoms with E-state index in [4.69, 9.17) is 10.7 Å². The number of halogens is 3. The molecule has 0 saturated heterocycles. The van der Waals surface area contributed by atoms with E-state index in [9.17, 15) is 8.42 Å². The molecule has 0 N–H and O–H groups in total. The van der Waals surface area contributed by atoms with Crippen LogP contribution in [0.3, 0.4) is 0 Å². The molecule has 66 valence electrons. The monoisotopic (exact) mass is 333 g/mol. The first-order valence-corrected chi connectivity index (χ1v) is 6.56. The smallest absolute Gasteiger partial charge is 0.247 e. The molecular formula is C5H2Br2ClNO2S. The summed E-state index contributed by atoms with van der Waals surface area (Å²) in [5, 5.41) is 0. The SMILES string of the molecule is O=S(=O)(Cl)c1cnc(Br)c(Br)c1. The molecule has 3 nitrogen and oxygen atoms in total. The predicted molar refractivity (Wildman–Crippen MR) is 52.7 cm³/mol. The van der Waals surface area contributed by atoms with Crippen LogP contribution in [0, 0.1) is 0 Å². The van der Waals surface area contributed by atoms with E-state index in [-0.39, 0.29) is 4.90 Å². The summed E-state index contributed by atoms with van der Waals surface area (Å²) in [5.41, 5.74) is 0. The van der Waals surface area contributed by atoms with Crippen molar-refractivity contribution < 1.29 is 8.42 Å². The Labute approximate surface area is 90.8 Å². The minimum absolute atomic E-state index is 0.0285. The van der Waals surface area contributed by atoms with E-state index in [0.717, 1.165) is 0 Å². The van der Waals surface area contributed by atoms with E-state index in [1.165, 1.54) is 12.3 Å². The second-order valence-electron chi connectivity index (χ2n) is 1.88. The molecule has 0 fully saturated rings. The van der Waals surface area contributed by atoms with Crippen LogP contribution in [-0.4, -0.2) is 13.4 Å². The van der Waals surface area contributed by atoms with Gasteiger partial charge < -0.3 is 0 Å². The van der Waals surface area contributed by atoms with Crippen LogP contribution in [-0.2, 0) is 9.05 Å². The fourth-order valence-corrected chi connectivity index (χ4v) is 1.94. The van der Waals surface area contributed by atoms with Crippen LogP contribution >= 0.6 is 42.5 Å². The molecule has 7 heteroatoms. The second kappa shape index (κ2) is 3.61. The molecule has 0 amide bonds. The normalized spacial score (nSPS) is 11.6. The van der Waals surface area contributed by atoms with Crippen molar-refractivity contribution >= 4 is 51.6 Å². The highest BCUT2D eigenvalue weighted by atomic mass is 79.9. The predicted octanol–water partition coefficient (Wildman–Crippen LogP) is 2.53. The quantitative estimate of drug-likeness (QED) is 0.585. The number of nitrogens with zero attached hydrogens (tertiary/aromatic N) is 1. The molecule has 0 aliphatic rings. The lowest BCUT2D eigenvalue weighted by atomic mass is 10.5. The summed E-state index contributed by atoms with van der Waals surface area (Å²) in [4.78, 5) is 3.72. The van der Waals surface area contributed by atoms with Crippen molar-refractivity contribution in [2.45, 2.75) is 4.90 Å². The Kier molecular flexibility index (Phi) is 3.14. The van der Waals surface area contributed by atoms with Gasteiger partial charge in [0, 0.05) is 16.9 Å². The van der Waals surface area contributed by atoms with Gasteiger partial charge in [0.15, 0.2) is 0 Å². The zero-order chi connectivity index (χ0) is 9.35. The van der Waals surface area contributed by atoms with Gasteiger partial charge in [-0.15, -0.1) is 0 Å². The van der Waals surface area contributed by atoms with E-state index >= 15 is 0 Å². The van der Waals surface area contributed by atoms with Crippen LogP contribution in [0.5, 0.6) is 0 Å². The minimum Gasteiger partial charge on any atom is -0.247 e. The highest BCUT2D eigenvalue weighted by Crippen LogP contribution is 2.24. The number of rotatable bonds is 1. The maximum atomic E-state index is 10.8. The Morgan fingerprint density at radius 3 is 2.42 bits per heavy atom. The third-order valence-corrected chi connectivity index (χ3v) is 4.14. The summed E-state index contributed by atoms with van der Waals surface area (Å²) in [5.74, 6) is 0. The molecule has 0 spiro atoms. The molecular weight excluding hydrogens is 333 g/mol. The third-order valence-electron chi connectivity index (χ3n) is 1.05. The Morgan fingerprint density at radius 2 is 2.00 bits per heavy atom. The van der Waals surface area contributed by atoms with Crippen molar-refractivity contribution in [2.75, 3.05) is 0 Å². The summed E-state index contributed by atoms with van der Waals surface area (Å²) in [6.45, 7) is 0. The fourth-order valence-electron chi connectivity index (χ4n) is 0.537. The van der Waals surface area contributed by atoms with Crippen molar-refractivity contribution in [3.63, 3.8) is 0 Å². The molecule has 0 atom stereocenters. The van der Waals surface area contributed by atoms with Gasteiger partial charge in [0.05, 0.1) is 4.47 Å². The van der Waals surface area contributed by atoms with Gasteiger partial charge in [0.25, 0.3) is 9.05 Å². The van der Waals surface area contributed by atoms with Crippen LogP contribution in [0.25, 0.3) is 0 Å². The van der Waals surface area contributed by atoms with Gasteiger partial charge in [-0.1, -0.05) is 0 Å². The average Bonchev–Trinajstić information content (AvgIpc) is 1.92. The van der Waals surface area contributed by atoms with Crippen molar-refractivity contribution in [3.8, 4) is 0 Å². The summed E-state index contributed by atoms with van der Waals surface area (Å²) in [7, 11) is 1.40. The molecule has 12 heavy (non-hydrogen) atoms. The van der Waals surface area contributed by atoms with Gasteiger partial charge in [-0.25, -0.2) is 13.4 Å². The second-order valence-corrected chi connectivity index (χ2v) is 6.05. The van der Waals surface area contributed by atoms with Crippen LogP contribution in [0.1, 0.15) is 0 Å². The van der Waals surface area contributed by atoms with Crippen LogP contribution < -0.4 is 0 Å².